The Labute approximate surface area is 150 Å². The van der Waals surface area contributed by atoms with Gasteiger partial charge in [0.15, 0.2) is 5.78 Å². The lowest BCUT2D eigenvalue weighted by Gasteiger charge is -2.08. The zero-order valence-electron chi connectivity index (χ0n) is 13.8. The van der Waals surface area contributed by atoms with E-state index in [9.17, 15) is 4.79 Å². The third-order valence-electron chi connectivity index (χ3n) is 3.78. The van der Waals surface area contributed by atoms with Gasteiger partial charge < -0.3 is 9.30 Å². The van der Waals surface area contributed by atoms with Gasteiger partial charge in [0.05, 0.1) is 12.4 Å². The van der Waals surface area contributed by atoms with Crippen LogP contribution < -0.4 is 0 Å². The number of hydrogen-bond donors (Lipinski definition) is 0. The Bertz CT molecular complexity index is 682. The highest BCUT2D eigenvalue weighted by atomic mass is 79.9. The van der Waals surface area contributed by atoms with E-state index in [0.29, 0.717) is 12.4 Å². The molecule has 0 fully saturated rings. The van der Waals surface area contributed by atoms with Crippen LogP contribution >= 0.6 is 27.7 Å². The van der Waals surface area contributed by atoms with E-state index in [2.05, 4.69) is 32.6 Å². The molecule has 5 heteroatoms. The Morgan fingerprint density at radius 2 is 2.09 bits per heavy atom. The first kappa shape index (κ1) is 18.3. The number of nitrogens with zero attached hydrogens (tertiary/aromatic N) is 1. The van der Waals surface area contributed by atoms with Gasteiger partial charge in [0, 0.05) is 40.8 Å². The Balaban J connectivity index is 1.95. The number of hydrogen-bond acceptors (Lipinski definition) is 3. The number of aryl methyl sites for hydroxylation is 1. The lowest BCUT2D eigenvalue weighted by molar-refractivity contribution is 0.102. The summed E-state index contributed by atoms with van der Waals surface area (Å²) in [4.78, 5) is 12.5. The molecule has 0 bridgehead atoms. The van der Waals surface area contributed by atoms with Gasteiger partial charge in [-0.2, -0.15) is 0 Å². The molecule has 2 rings (SSSR count). The van der Waals surface area contributed by atoms with E-state index >= 15 is 0 Å². The van der Waals surface area contributed by atoms with Gasteiger partial charge in [-0.15, -0.1) is 11.8 Å². The number of Topliss-reactive ketones (excluding diaryl/α,β-unsaturated/α-hetero) is 1. The van der Waals surface area contributed by atoms with E-state index in [4.69, 9.17) is 4.74 Å². The molecule has 124 valence electrons. The molecule has 3 nitrogen and oxygen atoms in total. The maximum atomic E-state index is 12.5. The zero-order valence-corrected chi connectivity index (χ0v) is 16.2. The summed E-state index contributed by atoms with van der Waals surface area (Å²) in [7, 11) is 1.69. The van der Waals surface area contributed by atoms with E-state index in [1.807, 2.05) is 32.0 Å². The van der Waals surface area contributed by atoms with E-state index in [-0.39, 0.29) is 5.78 Å². The van der Waals surface area contributed by atoms with Crippen molar-refractivity contribution in [1.29, 1.82) is 0 Å². The average Bonchev–Trinajstić information content (AvgIpc) is 2.80. The van der Waals surface area contributed by atoms with Crippen LogP contribution in [0.4, 0.5) is 0 Å². The number of carbonyl (C=O) groups excluding carboxylic acids is 1. The number of ether oxygens (including phenoxy) is 1. The zero-order chi connectivity index (χ0) is 16.8. The van der Waals surface area contributed by atoms with Crippen LogP contribution in [0.3, 0.4) is 0 Å². The largest absolute Gasteiger partial charge is 0.383 e. The van der Waals surface area contributed by atoms with Gasteiger partial charge in [-0.3, -0.25) is 4.79 Å². The molecular weight excluding hydrogens is 374 g/mol. The predicted molar refractivity (Wildman–Crippen MR) is 100 cm³/mol. The number of aromatic nitrogens is 1. The molecule has 0 saturated heterocycles. The molecule has 0 spiro atoms. The maximum Gasteiger partial charge on any atom is 0.174 e. The molecule has 0 unspecified atom stereocenters. The number of carbonyl (C=O) groups is 1. The summed E-state index contributed by atoms with van der Waals surface area (Å²) in [5.41, 5.74) is 4.20. The van der Waals surface area contributed by atoms with E-state index in [1.54, 1.807) is 18.9 Å². The van der Waals surface area contributed by atoms with Crippen molar-refractivity contribution < 1.29 is 9.53 Å². The molecule has 0 atom stereocenters. The fourth-order valence-corrected chi connectivity index (χ4v) is 3.88. The Morgan fingerprint density at radius 1 is 1.30 bits per heavy atom. The Hall–Kier alpha value is -1.04. The van der Waals surface area contributed by atoms with Crippen molar-refractivity contribution in [3.8, 4) is 0 Å². The highest BCUT2D eigenvalue weighted by molar-refractivity contribution is 9.10. The Morgan fingerprint density at radius 3 is 2.78 bits per heavy atom. The van der Waals surface area contributed by atoms with Crippen molar-refractivity contribution in [2.75, 3.05) is 19.5 Å². The van der Waals surface area contributed by atoms with Crippen LogP contribution in [-0.4, -0.2) is 29.8 Å². The fourth-order valence-electron chi connectivity index (χ4n) is 2.58. The minimum atomic E-state index is 0.196. The van der Waals surface area contributed by atoms with Crippen molar-refractivity contribution in [3.05, 3.63) is 57.3 Å². The molecule has 0 amide bonds. The van der Waals surface area contributed by atoms with Gasteiger partial charge in [0.1, 0.15) is 0 Å². The number of benzene rings is 1. The summed E-state index contributed by atoms with van der Waals surface area (Å²) in [6.07, 6.45) is 0. The third kappa shape index (κ3) is 4.96. The molecule has 0 aliphatic carbocycles. The summed E-state index contributed by atoms with van der Waals surface area (Å²) in [5.74, 6) is 1.54. The van der Waals surface area contributed by atoms with Crippen molar-refractivity contribution in [2.45, 2.75) is 26.1 Å². The average molecular weight is 396 g/mol. The number of ketones is 1. The normalized spacial score (nSPS) is 11.0. The topological polar surface area (TPSA) is 31.2 Å². The molecule has 1 aromatic carbocycles. The van der Waals surface area contributed by atoms with Crippen LogP contribution in [0.2, 0.25) is 0 Å². The second-order valence-corrected chi connectivity index (χ2v) is 7.38. The summed E-state index contributed by atoms with van der Waals surface area (Å²) >= 11 is 5.13. The molecule has 23 heavy (non-hydrogen) atoms. The Kier molecular flexibility index (Phi) is 6.93. The molecule has 0 radical (unpaired) electrons. The molecule has 1 heterocycles. The van der Waals surface area contributed by atoms with Crippen molar-refractivity contribution in [1.82, 2.24) is 4.57 Å². The van der Waals surface area contributed by atoms with Crippen molar-refractivity contribution in [2.24, 2.45) is 0 Å². The predicted octanol–water partition coefficient (Wildman–Crippen LogP) is 4.63. The first-order valence-corrected chi connectivity index (χ1v) is 9.48. The van der Waals surface area contributed by atoms with E-state index in [0.717, 1.165) is 33.7 Å². The van der Waals surface area contributed by atoms with Gasteiger partial charge >= 0.3 is 0 Å². The van der Waals surface area contributed by atoms with Gasteiger partial charge in [0.2, 0.25) is 0 Å². The highest BCUT2D eigenvalue weighted by Crippen LogP contribution is 2.20. The van der Waals surface area contributed by atoms with Gasteiger partial charge in [0.25, 0.3) is 0 Å². The lowest BCUT2D eigenvalue weighted by atomic mass is 10.2. The first-order chi connectivity index (χ1) is 11.0. The van der Waals surface area contributed by atoms with E-state index in [1.165, 1.54) is 5.56 Å². The smallest absolute Gasteiger partial charge is 0.174 e. The summed E-state index contributed by atoms with van der Waals surface area (Å²) in [6, 6.07) is 10.2. The second kappa shape index (κ2) is 8.71. The van der Waals surface area contributed by atoms with Crippen molar-refractivity contribution in [3.63, 3.8) is 0 Å². The summed E-state index contributed by atoms with van der Waals surface area (Å²) in [5, 5.41) is 0. The number of halogens is 1. The van der Waals surface area contributed by atoms with Crippen LogP contribution in [0.5, 0.6) is 0 Å². The number of thioether (sulfide) groups is 1. The van der Waals surface area contributed by atoms with Gasteiger partial charge in [-0.1, -0.05) is 28.1 Å². The van der Waals surface area contributed by atoms with Gasteiger partial charge in [-0.25, -0.2) is 0 Å². The van der Waals surface area contributed by atoms with Gasteiger partial charge in [-0.05, 0) is 37.6 Å². The molecular formula is C18H22BrNO2S. The summed E-state index contributed by atoms with van der Waals surface area (Å²) < 4.78 is 8.36. The molecule has 1 aromatic heterocycles. The molecule has 0 aliphatic heterocycles. The maximum absolute atomic E-state index is 12.5. The van der Waals surface area contributed by atoms with Crippen LogP contribution in [0, 0.1) is 13.8 Å². The molecule has 0 aliphatic rings. The standard InChI is InChI=1S/C18H22BrNO2S/c1-13-9-17(14(2)20(13)7-8-22-3)18(21)12-23-11-15-5-4-6-16(19)10-15/h4-6,9-10H,7-8,11-12H2,1-3H3. The van der Waals surface area contributed by atoms with Crippen LogP contribution in [0.15, 0.2) is 34.8 Å². The lowest BCUT2D eigenvalue weighted by Crippen LogP contribution is -2.09. The monoisotopic (exact) mass is 395 g/mol. The minimum absolute atomic E-state index is 0.196. The van der Waals surface area contributed by atoms with Crippen LogP contribution in [0.25, 0.3) is 0 Å². The van der Waals surface area contributed by atoms with Crippen molar-refractivity contribution >= 4 is 33.5 Å². The number of methoxy groups -OCH3 is 1. The molecule has 0 N–H and O–H groups in total. The van der Waals surface area contributed by atoms with Crippen LogP contribution in [0.1, 0.15) is 27.3 Å². The first-order valence-electron chi connectivity index (χ1n) is 7.54. The third-order valence-corrected chi connectivity index (χ3v) is 5.28. The molecule has 2 aromatic rings. The van der Waals surface area contributed by atoms with E-state index < -0.39 is 0 Å². The highest BCUT2D eigenvalue weighted by Gasteiger charge is 2.15. The number of rotatable bonds is 8. The minimum Gasteiger partial charge on any atom is -0.383 e. The second-order valence-electron chi connectivity index (χ2n) is 5.48. The molecule has 0 saturated carbocycles. The summed E-state index contributed by atoms with van der Waals surface area (Å²) in [6.45, 7) is 5.48. The quantitative estimate of drug-likeness (QED) is 0.610. The fraction of sp³-hybridized carbons (Fsp3) is 0.389. The van der Waals surface area contributed by atoms with Crippen LogP contribution in [-0.2, 0) is 17.0 Å². The SMILES string of the molecule is COCCn1c(C)cc(C(=O)CSCc2cccc(Br)c2)c1C.